The van der Waals surface area contributed by atoms with Crippen molar-refractivity contribution in [3.05, 3.63) is 89.5 Å². The predicted octanol–water partition coefficient (Wildman–Crippen LogP) is 4.32. The monoisotopic (exact) mass is 472 g/mol. The van der Waals surface area contributed by atoms with Gasteiger partial charge in [-0.15, -0.1) is 10.2 Å². The molecule has 3 aromatic carbocycles. The summed E-state index contributed by atoms with van der Waals surface area (Å²) in [5, 5.41) is 29.3. The fourth-order valence-corrected chi connectivity index (χ4v) is 4.73. The van der Waals surface area contributed by atoms with Crippen molar-refractivity contribution in [2.75, 3.05) is 24.5 Å². The SMILES string of the molecule is C[C@H]1CN(c2nnc(-c3ccc(C#N)cc3)c3ccccc23)CCN1C(=O)Cc1ccc(C#N)cc1. The lowest BCUT2D eigenvalue weighted by Crippen LogP contribution is -2.54. The highest BCUT2D eigenvalue weighted by molar-refractivity contribution is 6.00. The van der Waals surface area contributed by atoms with Crippen molar-refractivity contribution in [1.29, 1.82) is 10.5 Å². The van der Waals surface area contributed by atoms with E-state index in [0.717, 1.165) is 33.4 Å². The summed E-state index contributed by atoms with van der Waals surface area (Å²) in [6.45, 7) is 3.99. The number of piperazine rings is 1. The average Bonchev–Trinajstić information content (AvgIpc) is 2.93. The summed E-state index contributed by atoms with van der Waals surface area (Å²) >= 11 is 0. The Morgan fingerprint density at radius 1 is 0.889 bits per heavy atom. The zero-order valence-corrected chi connectivity index (χ0v) is 19.9. The van der Waals surface area contributed by atoms with Gasteiger partial charge in [-0.3, -0.25) is 4.79 Å². The van der Waals surface area contributed by atoms with Crippen molar-refractivity contribution in [3.8, 4) is 23.4 Å². The van der Waals surface area contributed by atoms with Crippen molar-refractivity contribution in [3.63, 3.8) is 0 Å². The Labute approximate surface area is 209 Å². The molecule has 0 bridgehead atoms. The van der Waals surface area contributed by atoms with Crippen LogP contribution in [0.2, 0.25) is 0 Å². The first kappa shape index (κ1) is 23.0. The van der Waals surface area contributed by atoms with E-state index in [1.54, 1.807) is 24.3 Å². The number of carbonyl (C=O) groups excluding carboxylic acids is 1. The molecule has 0 N–H and O–H groups in total. The van der Waals surface area contributed by atoms with Crippen LogP contribution in [0.4, 0.5) is 5.82 Å². The molecule has 1 aromatic heterocycles. The van der Waals surface area contributed by atoms with Gasteiger partial charge in [0.1, 0.15) is 5.69 Å². The number of benzene rings is 3. The molecule has 36 heavy (non-hydrogen) atoms. The second-order valence-corrected chi connectivity index (χ2v) is 8.97. The summed E-state index contributed by atoms with van der Waals surface area (Å²) in [5.74, 6) is 0.896. The van der Waals surface area contributed by atoms with Crippen LogP contribution in [0.3, 0.4) is 0 Å². The predicted molar refractivity (Wildman–Crippen MR) is 138 cm³/mol. The van der Waals surface area contributed by atoms with Gasteiger partial charge < -0.3 is 9.80 Å². The van der Waals surface area contributed by atoms with Gasteiger partial charge in [-0.05, 0) is 36.8 Å². The Morgan fingerprint density at radius 2 is 1.53 bits per heavy atom. The molecule has 5 rings (SSSR count). The number of fused-ring (bicyclic) bond motifs is 1. The molecule has 0 unspecified atom stereocenters. The Balaban J connectivity index is 1.35. The third-order valence-corrected chi connectivity index (χ3v) is 6.64. The topological polar surface area (TPSA) is 96.9 Å². The van der Waals surface area contributed by atoms with E-state index in [1.807, 2.05) is 47.4 Å². The number of hydrogen-bond donors (Lipinski definition) is 0. The summed E-state index contributed by atoms with van der Waals surface area (Å²) in [6.07, 6.45) is 0.318. The minimum absolute atomic E-state index is 0.0170. The Bertz CT molecular complexity index is 1500. The molecule has 1 aliphatic rings. The third kappa shape index (κ3) is 4.47. The lowest BCUT2D eigenvalue weighted by Gasteiger charge is -2.40. The Morgan fingerprint density at radius 3 is 2.17 bits per heavy atom. The van der Waals surface area contributed by atoms with Crippen LogP contribution in [0.25, 0.3) is 22.0 Å². The second kappa shape index (κ2) is 9.85. The molecule has 1 atom stereocenters. The van der Waals surface area contributed by atoms with Crippen LogP contribution in [-0.2, 0) is 11.2 Å². The van der Waals surface area contributed by atoms with E-state index < -0.39 is 0 Å². The highest BCUT2D eigenvalue weighted by Crippen LogP contribution is 2.32. The first-order chi connectivity index (χ1) is 17.6. The lowest BCUT2D eigenvalue weighted by molar-refractivity contribution is -0.132. The van der Waals surface area contributed by atoms with Gasteiger partial charge in [0.15, 0.2) is 5.82 Å². The van der Waals surface area contributed by atoms with E-state index in [4.69, 9.17) is 10.5 Å². The first-order valence-electron chi connectivity index (χ1n) is 11.9. The molecule has 0 aliphatic carbocycles. The minimum Gasteiger partial charge on any atom is -0.351 e. The standard InChI is InChI=1S/C29H24N6O/c1-20-19-34(14-15-35(20)27(36)16-21-6-8-22(17-30)9-7-21)29-26-5-3-2-4-25(26)28(32-33-29)24-12-10-23(18-31)11-13-24/h2-13,20H,14-16,19H2,1H3/t20-/m0/s1. The van der Waals surface area contributed by atoms with Crippen LogP contribution in [-0.4, -0.2) is 46.7 Å². The van der Waals surface area contributed by atoms with E-state index >= 15 is 0 Å². The molecule has 0 saturated carbocycles. The maximum Gasteiger partial charge on any atom is 0.227 e. The average molecular weight is 473 g/mol. The van der Waals surface area contributed by atoms with E-state index in [-0.39, 0.29) is 11.9 Å². The normalized spacial score (nSPS) is 15.4. The maximum atomic E-state index is 13.0. The van der Waals surface area contributed by atoms with E-state index in [1.165, 1.54) is 0 Å². The highest BCUT2D eigenvalue weighted by atomic mass is 16.2. The molecule has 0 spiro atoms. The Hall–Kier alpha value is -4.75. The number of nitrogens with zero attached hydrogens (tertiary/aromatic N) is 6. The quantitative estimate of drug-likeness (QED) is 0.439. The zero-order chi connectivity index (χ0) is 25.1. The van der Waals surface area contributed by atoms with Gasteiger partial charge in [-0.2, -0.15) is 10.5 Å². The van der Waals surface area contributed by atoms with Crippen LogP contribution in [0.5, 0.6) is 0 Å². The van der Waals surface area contributed by atoms with Crippen molar-refractivity contribution in [1.82, 2.24) is 15.1 Å². The molecule has 4 aromatic rings. The van der Waals surface area contributed by atoms with Gasteiger partial charge in [-0.25, -0.2) is 0 Å². The van der Waals surface area contributed by atoms with E-state index in [2.05, 4.69) is 40.2 Å². The summed E-state index contributed by atoms with van der Waals surface area (Å²) in [5.41, 5.74) is 3.79. The molecule has 2 heterocycles. The second-order valence-electron chi connectivity index (χ2n) is 8.97. The van der Waals surface area contributed by atoms with Gasteiger partial charge in [0, 0.05) is 42.0 Å². The zero-order valence-electron chi connectivity index (χ0n) is 19.9. The number of rotatable bonds is 4. The smallest absolute Gasteiger partial charge is 0.227 e. The van der Waals surface area contributed by atoms with Gasteiger partial charge in [-0.1, -0.05) is 48.5 Å². The molecular formula is C29H24N6O. The third-order valence-electron chi connectivity index (χ3n) is 6.64. The molecule has 0 radical (unpaired) electrons. The fraction of sp³-hybridized carbons (Fsp3) is 0.207. The molecule has 1 amide bonds. The summed E-state index contributed by atoms with van der Waals surface area (Å²) < 4.78 is 0. The maximum absolute atomic E-state index is 13.0. The molecular weight excluding hydrogens is 448 g/mol. The highest BCUT2D eigenvalue weighted by Gasteiger charge is 2.29. The number of aromatic nitrogens is 2. The number of nitriles is 2. The van der Waals surface area contributed by atoms with Crippen LogP contribution in [0.1, 0.15) is 23.6 Å². The van der Waals surface area contributed by atoms with Crippen LogP contribution >= 0.6 is 0 Å². The van der Waals surface area contributed by atoms with Crippen molar-refractivity contribution in [2.24, 2.45) is 0 Å². The molecule has 1 saturated heterocycles. The largest absolute Gasteiger partial charge is 0.351 e. The van der Waals surface area contributed by atoms with E-state index in [9.17, 15) is 4.79 Å². The Kier molecular flexibility index (Phi) is 6.30. The molecule has 1 aliphatic heterocycles. The number of anilines is 1. The minimum atomic E-state index is 0.0170. The number of carbonyl (C=O) groups is 1. The molecule has 176 valence electrons. The number of hydrogen-bond acceptors (Lipinski definition) is 6. The fourth-order valence-electron chi connectivity index (χ4n) is 4.73. The van der Waals surface area contributed by atoms with Crippen LogP contribution in [0, 0.1) is 22.7 Å². The van der Waals surface area contributed by atoms with Crippen molar-refractivity contribution < 1.29 is 4.79 Å². The lowest BCUT2D eigenvalue weighted by atomic mass is 10.0. The van der Waals surface area contributed by atoms with Gasteiger partial charge in [0.25, 0.3) is 0 Å². The van der Waals surface area contributed by atoms with Crippen LogP contribution in [0.15, 0.2) is 72.8 Å². The number of amides is 1. The van der Waals surface area contributed by atoms with Gasteiger partial charge >= 0.3 is 0 Å². The summed E-state index contributed by atoms with van der Waals surface area (Å²) in [6, 6.07) is 26.9. The summed E-state index contributed by atoms with van der Waals surface area (Å²) in [4.78, 5) is 17.2. The first-order valence-corrected chi connectivity index (χ1v) is 11.9. The van der Waals surface area contributed by atoms with Gasteiger partial charge in [0.2, 0.25) is 5.91 Å². The molecule has 7 heteroatoms. The molecule has 7 nitrogen and oxygen atoms in total. The van der Waals surface area contributed by atoms with Gasteiger partial charge in [0.05, 0.1) is 29.7 Å². The van der Waals surface area contributed by atoms with E-state index in [0.29, 0.717) is 37.2 Å². The van der Waals surface area contributed by atoms with Crippen molar-refractivity contribution in [2.45, 2.75) is 19.4 Å². The summed E-state index contributed by atoms with van der Waals surface area (Å²) in [7, 11) is 0. The molecule has 1 fully saturated rings. The van der Waals surface area contributed by atoms with Crippen LogP contribution < -0.4 is 4.90 Å². The van der Waals surface area contributed by atoms with Crippen molar-refractivity contribution >= 4 is 22.5 Å².